The first-order valence-electron chi connectivity index (χ1n) is 6.67. The molecule has 1 aromatic carbocycles. The zero-order valence-corrected chi connectivity index (χ0v) is 12.5. The van der Waals surface area contributed by atoms with E-state index in [0.29, 0.717) is 0 Å². The average Bonchev–Trinajstić information content (AvgIpc) is 2.41. The van der Waals surface area contributed by atoms with Crippen molar-refractivity contribution in [1.29, 1.82) is 0 Å². The molecule has 0 saturated carbocycles. The summed E-state index contributed by atoms with van der Waals surface area (Å²) in [6.45, 7) is 4.06. The predicted octanol–water partition coefficient (Wildman–Crippen LogP) is 3.44. The second kappa shape index (κ2) is 5.47. The van der Waals surface area contributed by atoms with Crippen molar-refractivity contribution in [1.82, 2.24) is 10.3 Å². The Morgan fingerprint density at radius 2 is 2.05 bits per heavy atom. The van der Waals surface area contributed by atoms with Gasteiger partial charge in [-0.15, -0.1) is 0 Å². The fourth-order valence-corrected chi connectivity index (χ4v) is 2.97. The van der Waals surface area contributed by atoms with Gasteiger partial charge in [-0.05, 0) is 51.1 Å². The molecule has 100 valence electrons. The number of halogens is 1. The SMILES string of the molecule is Cc1cc2c(Br)cccc2c(OC2CCNCC2)n1. The van der Waals surface area contributed by atoms with Gasteiger partial charge in [0, 0.05) is 20.9 Å². The number of pyridine rings is 1. The van der Waals surface area contributed by atoms with Gasteiger partial charge in [0.25, 0.3) is 0 Å². The van der Waals surface area contributed by atoms with Crippen LogP contribution in [-0.4, -0.2) is 24.2 Å². The molecular formula is C15H17BrN2O. The van der Waals surface area contributed by atoms with Crippen LogP contribution in [0.4, 0.5) is 0 Å². The standard InChI is InChI=1S/C15H17BrN2O/c1-10-9-13-12(3-2-4-14(13)16)15(18-10)19-11-5-7-17-8-6-11/h2-4,9,11,17H,5-8H2,1H3. The van der Waals surface area contributed by atoms with E-state index in [1.807, 2.05) is 13.0 Å². The Morgan fingerprint density at radius 3 is 2.84 bits per heavy atom. The lowest BCUT2D eigenvalue weighted by Crippen LogP contribution is -2.34. The van der Waals surface area contributed by atoms with E-state index in [1.54, 1.807) is 0 Å². The molecule has 4 heteroatoms. The zero-order chi connectivity index (χ0) is 13.2. The number of ether oxygens (including phenoxy) is 1. The molecule has 0 atom stereocenters. The van der Waals surface area contributed by atoms with Crippen molar-refractivity contribution in [3.8, 4) is 5.88 Å². The van der Waals surface area contributed by atoms with Crippen molar-refractivity contribution in [2.45, 2.75) is 25.9 Å². The minimum atomic E-state index is 0.276. The van der Waals surface area contributed by atoms with Crippen LogP contribution < -0.4 is 10.1 Å². The summed E-state index contributed by atoms with van der Waals surface area (Å²) in [7, 11) is 0. The Bertz CT molecular complexity index is 594. The minimum Gasteiger partial charge on any atom is -0.474 e. The lowest BCUT2D eigenvalue weighted by atomic mass is 10.1. The minimum absolute atomic E-state index is 0.276. The summed E-state index contributed by atoms with van der Waals surface area (Å²) in [5.41, 5.74) is 0.989. The summed E-state index contributed by atoms with van der Waals surface area (Å²) in [5.74, 6) is 0.767. The largest absolute Gasteiger partial charge is 0.474 e. The Morgan fingerprint density at radius 1 is 1.26 bits per heavy atom. The summed E-state index contributed by atoms with van der Waals surface area (Å²) in [5, 5.41) is 5.60. The molecule has 1 saturated heterocycles. The molecule has 1 fully saturated rings. The fourth-order valence-electron chi connectivity index (χ4n) is 2.49. The molecule has 0 bridgehead atoms. The van der Waals surface area contributed by atoms with Crippen LogP contribution in [0.5, 0.6) is 5.88 Å². The number of nitrogens with one attached hydrogen (secondary N) is 1. The summed E-state index contributed by atoms with van der Waals surface area (Å²) in [4.78, 5) is 4.57. The second-order valence-electron chi connectivity index (χ2n) is 4.97. The molecular weight excluding hydrogens is 304 g/mol. The van der Waals surface area contributed by atoms with Crippen molar-refractivity contribution < 1.29 is 4.74 Å². The number of aryl methyl sites for hydroxylation is 1. The Labute approximate surface area is 121 Å². The van der Waals surface area contributed by atoms with Gasteiger partial charge in [0.2, 0.25) is 5.88 Å². The van der Waals surface area contributed by atoms with Crippen molar-refractivity contribution in [2.24, 2.45) is 0 Å². The molecule has 2 aromatic rings. The lowest BCUT2D eigenvalue weighted by Gasteiger charge is -2.24. The van der Waals surface area contributed by atoms with E-state index in [0.717, 1.165) is 47.4 Å². The van der Waals surface area contributed by atoms with Crippen LogP contribution >= 0.6 is 15.9 Å². The van der Waals surface area contributed by atoms with E-state index < -0.39 is 0 Å². The quantitative estimate of drug-likeness (QED) is 0.920. The molecule has 0 unspecified atom stereocenters. The molecule has 1 N–H and O–H groups in total. The topological polar surface area (TPSA) is 34.1 Å². The maximum absolute atomic E-state index is 6.13. The Kier molecular flexibility index (Phi) is 3.71. The zero-order valence-electron chi connectivity index (χ0n) is 10.9. The van der Waals surface area contributed by atoms with E-state index >= 15 is 0 Å². The number of benzene rings is 1. The molecule has 0 amide bonds. The number of piperidine rings is 1. The van der Waals surface area contributed by atoms with Crippen molar-refractivity contribution in [3.05, 3.63) is 34.4 Å². The van der Waals surface area contributed by atoms with Crippen LogP contribution in [0.1, 0.15) is 18.5 Å². The van der Waals surface area contributed by atoms with Gasteiger partial charge < -0.3 is 10.1 Å². The first-order chi connectivity index (χ1) is 9.24. The van der Waals surface area contributed by atoms with E-state index in [9.17, 15) is 0 Å². The maximum atomic E-state index is 6.13. The first kappa shape index (κ1) is 12.9. The van der Waals surface area contributed by atoms with Crippen LogP contribution in [0.3, 0.4) is 0 Å². The summed E-state index contributed by atoms with van der Waals surface area (Å²) in [6, 6.07) is 8.24. The monoisotopic (exact) mass is 320 g/mol. The molecule has 19 heavy (non-hydrogen) atoms. The van der Waals surface area contributed by atoms with Gasteiger partial charge in [0.15, 0.2) is 0 Å². The lowest BCUT2D eigenvalue weighted by molar-refractivity contribution is 0.158. The van der Waals surface area contributed by atoms with Gasteiger partial charge in [-0.2, -0.15) is 0 Å². The van der Waals surface area contributed by atoms with Crippen LogP contribution in [0.15, 0.2) is 28.7 Å². The van der Waals surface area contributed by atoms with E-state index in [4.69, 9.17) is 4.74 Å². The van der Waals surface area contributed by atoms with Crippen molar-refractivity contribution >= 4 is 26.7 Å². The maximum Gasteiger partial charge on any atom is 0.221 e. The van der Waals surface area contributed by atoms with Gasteiger partial charge in [0.1, 0.15) is 6.10 Å². The third-order valence-corrected chi connectivity index (χ3v) is 4.17. The average molecular weight is 321 g/mol. The number of hydrogen-bond acceptors (Lipinski definition) is 3. The van der Waals surface area contributed by atoms with Gasteiger partial charge in [-0.25, -0.2) is 4.98 Å². The van der Waals surface area contributed by atoms with E-state index in [2.05, 4.69) is 44.4 Å². The second-order valence-corrected chi connectivity index (χ2v) is 5.83. The number of nitrogens with zero attached hydrogens (tertiary/aromatic N) is 1. The molecule has 3 rings (SSSR count). The summed E-state index contributed by atoms with van der Waals surface area (Å²) in [6.07, 6.45) is 2.37. The van der Waals surface area contributed by atoms with Gasteiger partial charge in [-0.1, -0.05) is 22.0 Å². The third-order valence-electron chi connectivity index (χ3n) is 3.48. The normalized spacial score (nSPS) is 16.7. The predicted molar refractivity (Wildman–Crippen MR) is 80.7 cm³/mol. The molecule has 0 spiro atoms. The van der Waals surface area contributed by atoms with Crippen LogP contribution in [0.25, 0.3) is 10.8 Å². The molecule has 2 heterocycles. The molecule has 1 aromatic heterocycles. The third kappa shape index (κ3) is 2.74. The van der Waals surface area contributed by atoms with Crippen molar-refractivity contribution in [3.63, 3.8) is 0 Å². The van der Waals surface area contributed by atoms with Crippen LogP contribution in [-0.2, 0) is 0 Å². The summed E-state index contributed by atoms with van der Waals surface area (Å²) >= 11 is 3.60. The highest BCUT2D eigenvalue weighted by atomic mass is 79.9. The van der Waals surface area contributed by atoms with E-state index in [1.165, 1.54) is 5.39 Å². The Hall–Kier alpha value is -1.13. The van der Waals surface area contributed by atoms with Crippen LogP contribution in [0, 0.1) is 6.92 Å². The highest BCUT2D eigenvalue weighted by Gasteiger charge is 2.17. The van der Waals surface area contributed by atoms with Gasteiger partial charge in [-0.3, -0.25) is 0 Å². The fraction of sp³-hybridized carbons (Fsp3) is 0.400. The molecule has 1 aliphatic heterocycles. The van der Waals surface area contributed by atoms with Crippen molar-refractivity contribution in [2.75, 3.05) is 13.1 Å². The number of fused-ring (bicyclic) bond motifs is 1. The summed E-state index contributed by atoms with van der Waals surface area (Å²) < 4.78 is 7.22. The number of aromatic nitrogens is 1. The number of hydrogen-bond donors (Lipinski definition) is 1. The Balaban J connectivity index is 1.99. The molecule has 0 radical (unpaired) electrons. The highest BCUT2D eigenvalue weighted by molar-refractivity contribution is 9.10. The smallest absolute Gasteiger partial charge is 0.221 e. The van der Waals surface area contributed by atoms with E-state index in [-0.39, 0.29) is 6.10 Å². The molecule has 3 nitrogen and oxygen atoms in total. The van der Waals surface area contributed by atoms with Crippen LogP contribution in [0.2, 0.25) is 0 Å². The van der Waals surface area contributed by atoms with Gasteiger partial charge >= 0.3 is 0 Å². The highest BCUT2D eigenvalue weighted by Crippen LogP contribution is 2.31. The van der Waals surface area contributed by atoms with Gasteiger partial charge in [0.05, 0.1) is 0 Å². The number of rotatable bonds is 2. The molecule has 0 aliphatic carbocycles. The first-order valence-corrected chi connectivity index (χ1v) is 7.46. The molecule has 1 aliphatic rings.